The standard InChI is InChI=1S/C48H93N4O.CH4O4S/c1-4-6-8-10-12-14-16-18-20-22-24-26-28-30-32-34-36-39-47-50-42-45-52(47,3)46-44-51(43-38-41-49)48(53)40-37-35-33-31-29-27-25-23-21-19-17-15-13-11-9-7-5-2;1-5-6(2,3)4/h4-40,42-46H2,1-3H3;1H3,(H,2,3,4)/q+1;/p-1. The van der Waals surface area contributed by atoms with Crippen molar-refractivity contribution in [2.24, 2.45) is 4.99 Å². The van der Waals surface area contributed by atoms with Gasteiger partial charge in [0.2, 0.25) is 16.3 Å². The van der Waals surface area contributed by atoms with Gasteiger partial charge in [0.1, 0.15) is 13.1 Å². The molecule has 9 nitrogen and oxygen atoms in total. The summed E-state index contributed by atoms with van der Waals surface area (Å²) in [5.74, 6) is 1.59. The highest BCUT2D eigenvalue weighted by atomic mass is 32.3. The summed E-state index contributed by atoms with van der Waals surface area (Å²) in [4.78, 5) is 20.2. The van der Waals surface area contributed by atoms with Crippen LogP contribution in [0.4, 0.5) is 0 Å². The molecule has 0 aromatic carbocycles. The maximum absolute atomic E-state index is 13.2. The van der Waals surface area contributed by atoms with Crippen LogP contribution < -0.4 is 0 Å². The Labute approximate surface area is 366 Å². The average molecular weight is 853 g/mol. The van der Waals surface area contributed by atoms with Gasteiger partial charge in [-0.1, -0.05) is 219 Å². The fraction of sp³-hybridized carbons (Fsp3) is 0.939. The summed E-state index contributed by atoms with van der Waals surface area (Å²) >= 11 is 0. The van der Waals surface area contributed by atoms with Crippen LogP contribution >= 0.6 is 0 Å². The molecule has 0 aromatic heterocycles. The summed E-state index contributed by atoms with van der Waals surface area (Å²) < 4.78 is 31.9. The Morgan fingerprint density at radius 2 is 0.983 bits per heavy atom. The van der Waals surface area contributed by atoms with Gasteiger partial charge in [0, 0.05) is 19.4 Å². The minimum atomic E-state index is -4.41. The maximum Gasteiger partial charge on any atom is 0.222 e. The van der Waals surface area contributed by atoms with Crippen LogP contribution in [0.15, 0.2) is 4.99 Å². The first kappa shape index (κ1) is 57.5. The van der Waals surface area contributed by atoms with Crippen molar-refractivity contribution in [3.05, 3.63) is 0 Å². The molecule has 0 saturated heterocycles. The summed E-state index contributed by atoms with van der Waals surface area (Å²) in [7, 11) is -1.28. The summed E-state index contributed by atoms with van der Waals surface area (Å²) in [5, 5.41) is 9.27. The number of carbonyl (C=O) groups excluding carboxylic acids is 1. The van der Waals surface area contributed by atoms with E-state index in [1.54, 1.807) is 0 Å². The molecule has 0 bridgehead atoms. The van der Waals surface area contributed by atoms with Crippen LogP contribution in [-0.4, -0.2) is 81.0 Å². The molecule has 1 rings (SSSR count). The van der Waals surface area contributed by atoms with Gasteiger partial charge in [-0.3, -0.25) is 13.5 Å². The van der Waals surface area contributed by atoms with Crippen LogP contribution in [0, 0.1) is 11.3 Å². The number of aliphatic imine (C=N–C) groups is 1. The van der Waals surface area contributed by atoms with Crippen molar-refractivity contribution in [2.45, 2.75) is 251 Å². The highest BCUT2D eigenvalue weighted by Crippen LogP contribution is 2.20. The van der Waals surface area contributed by atoms with E-state index in [9.17, 15) is 23.0 Å². The van der Waals surface area contributed by atoms with Crippen LogP contribution in [0.5, 0.6) is 0 Å². The Bertz CT molecular complexity index is 1130. The van der Waals surface area contributed by atoms with Crippen LogP contribution in [-0.2, 0) is 19.4 Å². The van der Waals surface area contributed by atoms with Gasteiger partial charge in [0.05, 0.1) is 39.7 Å². The van der Waals surface area contributed by atoms with Crippen LogP contribution in [0.25, 0.3) is 0 Å². The fourth-order valence-electron chi connectivity index (χ4n) is 8.34. The molecule has 59 heavy (non-hydrogen) atoms. The maximum atomic E-state index is 13.2. The third kappa shape index (κ3) is 37.9. The van der Waals surface area contributed by atoms with E-state index in [-0.39, 0.29) is 5.91 Å². The van der Waals surface area contributed by atoms with Gasteiger partial charge in [0.15, 0.2) is 5.84 Å². The second-order valence-electron chi connectivity index (χ2n) is 17.8. The van der Waals surface area contributed by atoms with E-state index >= 15 is 0 Å². The predicted molar refractivity (Wildman–Crippen MR) is 249 cm³/mol. The molecule has 1 unspecified atom stereocenters. The van der Waals surface area contributed by atoms with Gasteiger partial charge in [-0.05, 0) is 12.8 Å². The summed E-state index contributed by atoms with van der Waals surface area (Å²) in [6.07, 6.45) is 49.0. The van der Waals surface area contributed by atoms with Crippen molar-refractivity contribution >= 4 is 22.1 Å². The Hall–Kier alpha value is -1.54. The van der Waals surface area contributed by atoms with Crippen LogP contribution in [0.3, 0.4) is 0 Å². The smallest absolute Gasteiger partial charge is 0.222 e. The summed E-state index contributed by atoms with van der Waals surface area (Å²) in [6.45, 7) is 8.79. The molecule has 10 heteroatoms. The topological polar surface area (TPSA) is 123 Å². The van der Waals surface area contributed by atoms with Crippen LogP contribution in [0.2, 0.25) is 0 Å². The van der Waals surface area contributed by atoms with Gasteiger partial charge in [-0.15, -0.1) is 0 Å². The largest absolute Gasteiger partial charge is 0.726 e. The van der Waals surface area contributed by atoms with Crippen molar-refractivity contribution in [2.75, 3.05) is 46.9 Å². The number of carbonyl (C=O) groups is 1. The van der Waals surface area contributed by atoms with Crippen molar-refractivity contribution < 1.29 is 26.4 Å². The van der Waals surface area contributed by atoms with Crippen molar-refractivity contribution in [3.8, 4) is 6.07 Å². The molecular weight excluding hydrogens is 757 g/mol. The molecule has 0 aromatic rings. The Morgan fingerprint density at radius 1 is 0.644 bits per heavy atom. The lowest BCUT2D eigenvalue weighted by Gasteiger charge is -2.33. The number of rotatable bonds is 42. The minimum Gasteiger partial charge on any atom is -0.726 e. The number of amides is 1. The number of nitrogens with zero attached hydrogens (tertiary/aromatic N) is 4. The zero-order valence-corrected chi connectivity index (χ0v) is 40.3. The van der Waals surface area contributed by atoms with E-state index in [1.165, 1.54) is 211 Å². The molecule has 0 N–H and O–H groups in total. The first-order valence-corrected chi connectivity index (χ1v) is 26.5. The van der Waals surface area contributed by atoms with E-state index in [2.05, 4.69) is 31.1 Å². The number of amidine groups is 1. The average Bonchev–Trinajstić information content (AvgIpc) is 3.59. The number of quaternary nitrogens is 1. The first-order chi connectivity index (χ1) is 28.6. The SMILES string of the molecule is CCCCCCCCCCCCCCCCCCCC(=O)N(CCC#N)CC[N+]1(C)CCN=C1CCCCCCCCCCCCCCCCCCC.COS(=O)(=O)[O-]. The van der Waals surface area contributed by atoms with Gasteiger partial charge < -0.3 is 9.45 Å². The second kappa shape index (κ2) is 41.8. The lowest BCUT2D eigenvalue weighted by Crippen LogP contribution is -2.52. The molecule has 0 radical (unpaired) electrons. The number of nitriles is 1. The highest BCUT2D eigenvalue weighted by molar-refractivity contribution is 7.80. The van der Waals surface area contributed by atoms with E-state index in [0.717, 1.165) is 57.0 Å². The minimum absolute atomic E-state index is 0.249. The quantitative estimate of drug-likeness (QED) is 0.0261. The number of hydrogen-bond acceptors (Lipinski definition) is 7. The lowest BCUT2D eigenvalue weighted by molar-refractivity contribution is -0.814. The first-order valence-electron chi connectivity index (χ1n) is 25.2. The zero-order valence-electron chi connectivity index (χ0n) is 39.4. The second-order valence-corrected chi connectivity index (χ2v) is 19.0. The summed E-state index contributed by atoms with van der Waals surface area (Å²) in [5.41, 5.74) is 0. The Balaban J connectivity index is 0.00000518. The molecule has 348 valence electrons. The van der Waals surface area contributed by atoms with Crippen molar-refractivity contribution in [1.82, 2.24) is 4.90 Å². The van der Waals surface area contributed by atoms with E-state index in [4.69, 9.17) is 4.99 Å². The monoisotopic (exact) mass is 853 g/mol. The van der Waals surface area contributed by atoms with Crippen molar-refractivity contribution in [3.63, 3.8) is 0 Å². The molecule has 1 aliphatic rings. The number of unbranched alkanes of at least 4 members (excludes halogenated alkanes) is 32. The number of hydrogen-bond donors (Lipinski definition) is 0. The molecule has 0 saturated carbocycles. The highest BCUT2D eigenvalue weighted by Gasteiger charge is 2.33. The summed E-state index contributed by atoms with van der Waals surface area (Å²) in [6, 6.07) is 2.28. The normalized spacial score (nSPS) is 15.2. The van der Waals surface area contributed by atoms with Gasteiger partial charge in [0.25, 0.3) is 0 Å². The van der Waals surface area contributed by atoms with E-state index < -0.39 is 10.4 Å². The third-order valence-corrected chi connectivity index (χ3v) is 12.8. The molecule has 1 amide bonds. The van der Waals surface area contributed by atoms with E-state index in [0.29, 0.717) is 19.4 Å². The molecular formula is C49H96N4O5S. The Kier molecular flexibility index (Phi) is 40.7. The van der Waals surface area contributed by atoms with Crippen LogP contribution in [0.1, 0.15) is 251 Å². The molecule has 0 spiro atoms. The van der Waals surface area contributed by atoms with Gasteiger partial charge in [-0.25, -0.2) is 13.4 Å². The molecule has 1 heterocycles. The zero-order chi connectivity index (χ0) is 43.6. The van der Waals surface area contributed by atoms with Gasteiger partial charge in [-0.2, -0.15) is 5.26 Å². The fourth-order valence-corrected chi connectivity index (χ4v) is 8.34. The number of likely N-dealkylation sites (N-methyl/N-ethyl adjacent to an activating group) is 1. The van der Waals surface area contributed by atoms with Gasteiger partial charge >= 0.3 is 0 Å². The van der Waals surface area contributed by atoms with Crippen molar-refractivity contribution in [1.29, 1.82) is 5.26 Å². The predicted octanol–water partition coefficient (Wildman–Crippen LogP) is 13.8. The van der Waals surface area contributed by atoms with E-state index in [1.807, 2.05) is 4.90 Å². The molecule has 0 aliphatic carbocycles. The molecule has 1 aliphatic heterocycles. The molecule has 1 atom stereocenters. The lowest BCUT2D eigenvalue weighted by atomic mass is 10.0. The Morgan fingerprint density at radius 3 is 1.32 bits per heavy atom. The third-order valence-electron chi connectivity index (χ3n) is 12.4. The molecule has 0 fully saturated rings.